The largest absolute Gasteiger partial charge is 0.480 e. The average molecular weight is 191 g/mol. The Bertz CT molecular complexity index is 368. The van der Waals surface area contributed by atoms with Crippen LogP contribution in [0.25, 0.3) is 0 Å². The molecular weight excluding hydrogens is 182 g/mol. The molecule has 4 nitrogen and oxygen atoms in total. The van der Waals surface area contributed by atoms with Gasteiger partial charge >= 0.3 is 5.97 Å². The van der Waals surface area contributed by atoms with Gasteiger partial charge in [-0.25, -0.2) is 4.79 Å². The van der Waals surface area contributed by atoms with Gasteiger partial charge in [0.15, 0.2) is 0 Å². The number of nitrogens with zero attached hydrogens (tertiary/aromatic N) is 1. The summed E-state index contributed by atoms with van der Waals surface area (Å²) in [5.74, 6) is -0.999. The molecule has 0 spiro atoms. The predicted molar refractivity (Wildman–Crippen MR) is 48.4 cm³/mol. The van der Waals surface area contributed by atoms with Crippen molar-refractivity contribution in [2.45, 2.75) is 6.61 Å². The number of nitriles is 1. The van der Waals surface area contributed by atoms with E-state index in [2.05, 4.69) is 0 Å². The summed E-state index contributed by atoms with van der Waals surface area (Å²) in [6.07, 6.45) is 0. The van der Waals surface area contributed by atoms with Crippen molar-refractivity contribution in [3.63, 3.8) is 0 Å². The van der Waals surface area contributed by atoms with Crippen molar-refractivity contribution in [2.75, 3.05) is 6.61 Å². The van der Waals surface area contributed by atoms with Crippen LogP contribution in [0.3, 0.4) is 0 Å². The summed E-state index contributed by atoms with van der Waals surface area (Å²) in [6.45, 7) is -0.112. The molecule has 1 aromatic rings. The summed E-state index contributed by atoms with van der Waals surface area (Å²) < 4.78 is 4.87. The zero-order valence-electron chi connectivity index (χ0n) is 7.43. The Hall–Kier alpha value is -1.86. The van der Waals surface area contributed by atoms with E-state index >= 15 is 0 Å². The Morgan fingerprint density at radius 1 is 1.57 bits per heavy atom. The lowest BCUT2D eigenvalue weighted by Crippen LogP contribution is -2.06. The Morgan fingerprint density at radius 3 is 3.00 bits per heavy atom. The lowest BCUT2D eigenvalue weighted by molar-refractivity contribution is -0.142. The van der Waals surface area contributed by atoms with E-state index in [1.807, 2.05) is 6.07 Å². The molecule has 0 fully saturated rings. The number of carbonyl (C=O) groups is 1. The van der Waals surface area contributed by atoms with Crippen LogP contribution in [0, 0.1) is 11.3 Å². The van der Waals surface area contributed by atoms with Crippen molar-refractivity contribution in [1.29, 1.82) is 5.26 Å². The first kappa shape index (κ1) is 10.2. The Kier molecular flexibility index (Phi) is 3.65. The summed E-state index contributed by atoms with van der Waals surface area (Å²) in [6, 6.07) is 8.86. The van der Waals surface area contributed by atoms with Gasteiger partial charge in [-0.2, -0.15) is 5.26 Å². The average Bonchev–Trinajstić information content (AvgIpc) is 2.18. The first-order valence-corrected chi connectivity index (χ1v) is 4.01. The predicted octanol–water partition coefficient (Wildman–Crippen LogP) is 1.16. The minimum atomic E-state index is -0.999. The number of rotatable bonds is 4. The molecule has 0 aliphatic carbocycles. The molecule has 72 valence electrons. The van der Waals surface area contributed by atoms with E-state index in [1.54, 1.807) is 24.3 Å². The monoisotopic (exact) mass is 191 g/mol. The highest BCUT2D eigenvalue weighted by molar-refractivity contribution is 5.67. The lowest BCUT2D eigenvalue weighted by Gasteiger charge is -2.01. The number of benzene rings is 1. The zero-order valence-corrected chi connectivity index (χ0v) is 7.43. The number of carboxylic acids is 1. The van der Waals surface area contributed by atoms with E-state index in [4.69, 9.17) is 15.1 Å². The summed E-state index contributed by atoms with van der Waals surface area (Å²) in [5, 5.41) is 16.9. The van der Waals surface area contributed by atoms with Gasteiger partial charge in [-0.05, 0) is 17.7 Å². The number of ether oxygens (including phenoxy) is 1. The maximum absolute atomic E-state index is 10.1. The van der Waals surface area contributed by atoms with Gasteiger partial charge in [0.05, 0.1) is 18.2 Å². The van der Waals surface area contributed by atoms with Crippen LogP contribution in [0.15, 0.2) is 24.3 Å². The molecule has 0 aromatic heterocycles. The van der Waals surface area contributed by atoms with Gasteiger partial charge in [0.1, 0.15) is 6.61 Å². The Labute approximate surface area is 81.4 Å². The molecular formula is C10H9NO3. The molecule has 0 heterocycles. The van der Waals surface area contributed by atoms with Crippen molar-refractivity contribution in [3.8, 4) is 6.07 Å². The van der Waals surface area contributed by atoms with E-state index in [9.17, 15) is 4.79 Å². The third-order valence-corrected chi connectivity index (χ3v) is 1.55. The Morgan fingerprint density at radius 2 is 2.36 bits per heavy atom. The normalized spacial score (nSPS) is 9.36. The second kappa shape index (κ2) is 5.00. The Balaban J connectivity index is 2.51. The van der Waals surface area contributed by atoms with Crippen LogP contribution < -0.4 is 0 Å². The highest BCUT2D eigenvalue weighted by Crippen LogP contribution is 2.05. The maximum atomic E-state index is 10.1. The SMILES string of the molecule is N#Cc1cccc(COCC(=O)O)c1. The highest BCUT2D eigenvalue weighted by atomic mass is 16.5. The second-order valence-electron chi connectivity index (χ2n) is 2.70. The van der Waals surface area contributed by atoms with Gasteiger partial charge in [0.25, 0.3) is 0 Å². The molecule has 14 heavy (non-hydrogen) atoms. The molecule has 1 N–H and O–H groups in total. The molecule has 0 atom stereocenters. The van der Waals surface area contributed by atoms with Crippen LogP contribution in [0.2, 0.25) is 0 Å². The topological polar surface area (TPSA) is 70.3 Å². The fraction of sp³-hybridized carbons (Fsp3) is 0.200. The van der Waals surface area contributed by atoms with Crippen LogP contribution >= 0.6 is 0 Å². The third-order valence-electron chi connectivity index (χ3n) is 1.55. The third kappa shape index (κ3) is 3.25. The molecule has 0 aliphatic rings. The van der Waals surface area contributed by atoms with E-state index in [0.717, 1.165) is 5.56 Å². The van der Waals surface area contributed by atoms with Gasteiger partial charge in [-0.15, -0.1) is 0 Å². The zero-order chi connectivity index (χ0) is 10.4. The number of aliphatic carboxylic acids is 1. The molecule has 0 saturated carbocycles. The molecule has 0 unspecified atom stereocenters. The summed E-state index contributed by atoms with van der Waals surface area (Å²) in [4.78, 5) is 10.1. The van der Waals surface area contributed by atoms with E-state index in [-0.39, 0.29) is 13.2 Å². The minimum Gasteiger partial charge on any atom is -0.480 e. The molecule has 1 aromatic carbocycles. The van der Waals surface area contributed by atoms with Gasteiger partial charge in [-0.3, -0.25) is 0 Å². The number of hydrogen-bond acceptors (Lipinski definition) is 3. The van der Waals surface area contributed by atoms with Crippen LogP contribution in [0.5, 0.6) is 0 Å². The van der Waals surface area contributed by atoms with Crippen molar-refractivity contribution < 1.29 is 14.6 Å². The van der Waals surface area contributed by atoms with Gasteiger partial charge in [0.2, 0.25) is 0 Å². The first-order valence-electron chi connectivity index (χ1n) is 4.01. The highest BCUT2D eigenvalue weighted by Gasteiger charge is 1.98. The molecule has 0 aliphatic heterocycles. The number of hydrogen-bond donors (Lipinski definition) is 1. The van der Waals surface area contributed by atoms with E-state index in [0.29, 0.717) is 5.56 Å². The van der Waals surface area contributed by atoms with Crippen LogP contribution in [0.1, 0.15) is 11.1 Å². The molecule has 4 heteroatoms. The van der Waals surface area contributed by atoms with Gasteiger partial charge in [0, 0.05) is 0 Å². The van der Waals surface area contributed by atoms with E-state index in [1.165, 1.54) is 0 Å². The lowest BCUT2D eigenvalue weighted by atomic mass is 10.1. The molecule has 0 bridgehead atoms. The second-order valence-corrected chi connectivity index (χ2v) is 2.70. The van der Waals surface area contributed by atoms with Crippen molar-refractivity contribution >= 4 is 5.97 Å². The maximum Gasteiger partial charge on any atom is 0.329 e. The standard InChI is InChI=1S/C10H9NO3/c11-5-8-2-1-3-9(4-8)6-14-7-10(12)13/h1-4H,6-7H2,(H,12,13). The summed E-state index contributed by atoms with van der Waals surface area (Å²) >= 11 is 0. The minimum absolute atomic E-state index is 0.210. The van der Waals surface area contributed by atoms with Crippen molar-refractivity contribution in [1.82, 2.24) is 0 Å². The molecule has 0 radical (unpaired) electrons. The fourth-order valence-electron chi connectivity index (χ4n) is 0.987. The molecule has 0 saturated heterocycles. The van der Waals surface area contributed by atoms with Crippen LogP contribution in [-0.2, 0) is 16.1 Å². The van der Waals surface area contributed by atoms with Crippen molar-refractivity contribution in [3.05, 3.63) is 35.4 Å². The van der Waals surface area contributed by atoms with Crippen LogP contribution in [-0.4, -0.2) is 17.7 Å². The van der Waals surface area contributed by atoms with E-state index < -0.39 is 5.97 Å². The van der Waals surface area contributed by atoms with Crippen LogP contribution in [0.4, 0.5) is 0 Å². The molecule has 1 rings (SSSR count). The van der Waals surface area contributed by atoms with Gasteiger partial charge in [-0.1, -0.05) is 12.1 Å². The fourth-order valence-corrected chi connectivity index (χ4v) is 0.987. The summed E-state index contributed by atoms with van der Waals surface area (Å²) in [7, 11) is 0. The number of carboxylic acid groups (broad SMARTS) is 1. The smallest absolute Gasteiger partial charge is 0.329 e. The molecule has 0 amide bonds. The quantitative estimate of drug-likeness (QED) is 0.775. The van der Waals surface area contributed by atoms with Gasteiger partial charge < -0.3 is 9.84 Å². The van der Waals surface area contributed by atoms with Crippen molar-refractivity contribution in [2.24, 2.45) is 0 Å². The first-order chi connectivity index (χ1) is 6.72. The summed E-state index contributed by atoms with van der Waals surface area (Å²) in [5.41, 5.74) is 1.34.